The smallest absolute Gasteiger partial charge is 0.0597 e. The van der Waals surface area contributed by atoms with Crippen LogP contribution in [0.5, 0.6) is 0 Å². The summed E-state index contributed by atoms with van der Waals surface area (Å²) >= 11 is 3.54. The van der Waals surface area contributed by atoms with Crippen LogP contribution in [0.4, 0.5) is 11.4 Å². The predicted molar refractivity (Wildman–Crippen MR) is 74.3 cm³/mol. The van der Waals surface area contributed by atoms with Crippen LogP contribution in [-0.4, -0.2) is 20.1 Å². The molecular weight excluding hydrogens is 264 g/mol. The van der Waals surface area contributed by atoms with Crippen LogP contribution in [-0.2, 0) is 0 Å². The lowest BCUT2D eigenvalue weighted by Gasteiger charge is -2.21. The Morgan fingerprint density at radius 2 is 1.94 bits per heavy atom. The van der Waals surface area contributed by atoms with Gasteiger partial charge in [0.2, 0.25) is 0 Å². The van der Waals surface area contributed by atoms with E-state index >= 15 is 0 Å². The summed E-state index contributed by atoms with van der Waals surface area (Å²) in [6, 6.07) is 7.08. The van der Waals surface area contributed by atoms with E-state index in [-0.39, 0.29) is 0 Å². The van der Waals surface area contributed by atoms with Gasteiger partial charge < -0.3 is 10.2 Å². The highest BCUT2D eigenvalue weighted by Gasteiger charge is 2.16. The Kier molecular flexibility index (Phi) is 3.74. The van der Waals surface area contributed by atoms with Crippen molar-refractivity contribution in [2.24, 2.45) is 0 Å². The summed E-state index contributed by atoms with van der Waals surface area (Å²) in [7, 11) is 4.17. The molecule has 0 aliphatic heterocycles. The van der Waals surface area contributed by atoms with Gasteiger partial charge in [0.05, 0.1) is 11.4 Å². The molecule has 0 amide bonds. The standard InChI is InChI=1S/C13H19BrN2/c1-16(2)13-8-7-10(14)9-12(13)15-11-5-3-4-6-11/h7-9,11,15H,3-6H2,1-2H3. The number of halogens is 1. The van der Waals surface area contributed by atoms with Crippen molar-refractivity contribution in [2.45, 2.75) is 31.7 Å². The van der Waals surface area contributed by atoms with Crippen molar-refractivity contribution in [3.8, 4) is 0 Å². The maximum Gasteiger partial charge on any atom is 0.0597 e. The highest BCUT2D eigenvalue weighted by Crippen LogP contribution is 2.31. The van der Waals surface area contributed by atoms with Crippen LogP contribution >= 0.6 is 15.9 Å². The van der Waals surface area contributed by atoms with Crippen LogP contribution in [0.15, 0.2) is 22.7 Å². The zero-order valence-corrected chi connectivity index (χ0v) is 11.5. The quantitative estimate of drug-likeness (QED) is 0.906. The van der Waals surface area contributed by atoms with E-state index in [2.05, 4.69) is 58.4 Å². The zero-order chi connectivity index (χ0) is 11.5. The lowest BCUT2D eigenvalue weighted by molar-refractivity contribution is 0.755. The number of hydrogen-bond donors (Lipinski definition) is 1. The number of hydrogen-bond acceptors (Lipinski definition) is 2. The van der Waals surface area contributed by atoms with E-state index in [1.54, 1.807) is 0 Å². The number of benzene rings is 1. The molecule has 2 rings (SSSR count). The molecule has 2 nitrogen and oxygen atoms in total. The highest BCUT2D eigenvalue weighted by atomic mass is 79.9. The topological polar surface area (TPSA) is 15.3 Å². The number of nitrogens with one attached hydrogen (secondary N) is 1. The van der Waals surface area contributed by atoms with Gasteiger partial charge in [-0.2, -0.15) is 0 Å². The average molecular weight is 283 g/mol. The molecule has 0 spiro atoms. The van der Waals surface area contributed by atoms with Gasteiger partial charge in [0.1, 0.15) is 0 Å². The molecule has 1 fully saturated rings. The van der Waals surface area contributed by atoms with Crippen molar-refractivity contribution in [3.63, 3.8) is 0 Å². The number of nitrogens with zero attached hydrogens (tertiary/aromatic N) is 1. The van der Waals surface area contributed by atoms with Crippen molar-refractivity contribution < 1.29 is 0 Å². The molecule has 1 aromatic rings. The molecule has 0 radical (unpaired) electrons. The van der Waals surface area contributed by atoms with Crippen molar-refractivity contribution in [1.82, 2.24) is 0 Å². The summed E-state index contributed by atoms with van der Waals surface area (Å²) in [5.74, 6) is 0. The molecule has 0 heterocycles. The van der Waals surface area contributed by atoms with E-state index in [0.29, 0.717) is 6.04 Å². The molecule has 1 N–H and O–H groups in total. The van der Waals surface area contributed by atoms with Crippen LogP contribution in [0.2, 0.25) is 0 Å². The van der Waals surface area contributed by atoms with Gasteiger partial charge in [0, 0.05) is 24.6 Å². The second-order valence-electron chi connectivity index (χ2n) is 4.68. The van der Waals surface area contributed by atoms with Crippen LogP contribution in [0.1, 0.15) is 25.7 Å². The van der Waals surface area contributed by atoms with Gasteiger partial charge in [-0.25, -0.2) is 0 Å². The second-order valence-corrected chi connectivity index (χ2v) is 5.60. The third-order valence-electron chi connectivity index (χ3n) is 3.16. The van der Waals surface area contributed by atoms with Crippen LogP contribution < -0.4 is 10.2 Å². The maximum atomic E-state index is 3.66. The molecule has 1 saturated carbocycles. The lowest BCUT2D eigenvalue weighted by Crippen LogP contribution is -2.18. The number of anilines is 2. The minimum Gasteiger partial charge on any atom is -0.381 e. The third-order valence-corrected chi connectivity index (χ3v) is 3.65. The zero-order valence-electron chi connectivity index (χ0n) is 9.96. The first-order valence-corrected chi connectivity index (χ1v) is 6.69. The van der Waals surface area contributed by atoms with Gasteiger partial charge in [0.25, 0.3) is 0 Å². The van der Waals surface area contributed by atoms with E-state index in [0.717, 1.165) is 4.47 Å². The monoisotopic (exact) mass is 282 g/mol. The van der Waals surface area contributed by atoms with Crippen LogP contribution in [0, 0.1) is 0 Å². The summed E-state index contributed by atoms with van der Waals surface area (Å²) in [5, 5.41) is 3.66. The van der Waals surface area contributed by atoms with E-state index in [9.17, 15) is 0 Å². The Morgan fingerprint density at radius 1 is 1.25 bits per heavy atom. The minimum atomic E-state index is 0.660. The molecule has 0 aromatic heterocycles. The van der Waals surface area contributed by atoms with Crippen molar-refractivity contribution in [1.29, 1.82) is 0 Å². The van der Waals surface area contributed by atoms with Gasteiger partial charge >= 0.3 is 0 Å². The third kappa shape index (κ3) is 2.70. The normalized spacial score (nSPS) is 16.4. The minimum absolute atomic E-state index is 0.660. The Balaban J connectivity index is 2.19. The van der Waals surface area contributed by atoms with Crippen molar-refractivity contribution in [2.75, 3.05) is 24.3 Å². The van der Waals surface area contributed by atoms with E-state index in [1.165, 1.54) is 37.1 Å². The van der Waals surface area contributed by atoms with Crippen molar-refractivity contribution in [3.05, 3.63) is 22.7 Å². The molecule has 16 heavy (non-hydrogen) atoms. The van der Waals surface area contributed by atoms with Gasteiger partial charge in [-0.05, 0) is 31.0 Å². The first kappa shape index (κ1) is 11.8. The van der Waals surface area contributed by atoms with Crippen LogP contribution in [0.25, 0.3) is 0 Å². The van der Waals surface area contributed by atoms with Gasteiger partial charge in [0.15, 0.2) is 0 Å². The molecule has 1 aliphatic carbocycles. The molecule has 0 atom stereocenters. The molecule has 1 aromatic carbocycles. The summed E-state index contributed by atoms with van der Waals surface area (Å²) in [6.45, 7) is 0. The molecule has 0 saturated heterocycles. The second kappa shape index (κ2) is 5.09. The van der Waals surface area contributed by atoms with Crippen molar-refractivity contribution >= 4 is 27.3 Å². The molecule has 3 heteroatoms. The molecular formula is C13H19BrN2. The fourth-order valence-electron chi connectivity index (χ4n) is 2.30. The Hall–Kier alpha value is -0.700. The fourth-order valence-corrected chi connectivity index (χ4v) is 2.66. The summed E-state index contributed by atoms with van der Waals surface area (Å²) < 4.78 is 1.14. The first-order valence-electron chi connectivity index (χ1n) is 5.90. The molecule has 0 unspecified atom stereocenters. The van der Waals surface area contributed by atoms with E-state index in [4.69, 9.17) is 0 Å². The first-order chi connectivity index (χ1) is 7.66. The highest BCUT2D eigenvalue weighted by molar-refractivity contribution is 9.10. The average Bonchev–Trinajstić information content (AvgIpc) is 2.70. The molecule has 0 bridgehead atoms. The number of rotatable bonds is 3. The summed E-state index contributed by atoms with van der Waals surface area (Å²) in [4.78, 5) is 2.16. The summed E-state index contributed by atoms with van der Waals surface area (Å²) in [6.07, 6.45) is 5.34. The van der Waals surface area contributed by atoms with E-state index in [1.807, 2.05) is 0 Å². The molecule has 1 aliphatic rings. The largest absolute Gasteiger partial charge is 0.381 e. The summed E-state index contributed by atoms with van der Waals surface area (Å²) in [5.41, 5.74) is 2.50. The van der Waals surface area contributed by atoms with Crippen LogP contribution in [0.3, 0.4) is 0 Å². The molecule has 88 valence electrons. The van der Waals surface area contributed by atoms with Gasteiger partial charge in [-0.15, -0.1) is 0 Å². The van der Waals surface area contributed by atoms with E-state index < -0.39 is 0 Å². The fraction of sp³-hybridized carbons (Fsp3) is 0.538. The SMILES string of the molecule is CN(C)c1ccc(Br)cc1NC1CCCC1. The predicted octanol–water partition coefficient (Wildman–Crippen LogP) is 3.87. The Bertz CT molecular complexity index is 357. The van der Waals surface area contributed by atoms with Gasteiger partial charge in [-0.1, -0.05) is 28.8 Å². The van der Waals surface area contributed by atoms with Gasteiger partial charge in [-0.3, -0.25) is 0 Å². The Morgan fingerprint density at radius 3 is 2.56 bits per heavy atom. The Labute approximate surface area is 106 Å². The lowest BCUT2D eigenvalue weighted by atomic mass is 10.2. The maximum absolute atomic E-state index is 3.66.